The van der Waals surface area contributed by atoms with Gasteiger partial charge in [0.1, 0.15) is 24.0 Å². The lowest BCUT2D eigenvalue weighted by Crippen LogP contribution is -2.35. The summed E-state index contributed by atoms with van der Waals surface area (Å²) in [6, 6.07) is 0. The van der Waals surface area contributed by atoms with Crippen LogP contribution in [0.5, 0.6) is 5.75 Å². The van der Waals surface area contributed by atoms with Crippen LogP contribution in [0.4, 0.5) is 5.82 Å². The number of aliphatic hydroxyl groups excluding tert-OH is 2. The Hall–Kier alpha value is -3.13. The molecule has 0 aliphatic heterocycles. The molecule has 3 rings (SSSR count). The van der Waals surface area contributed by atoms with E-state index in [1.807, 2.05) is 19.4 Å². The Kier molecular flexibility index (Phi) is 11.5. The lowest BCUT2D eigenvalue weighted by Gasteiger charge is -2.09. The standard InChI is InChI=1S/C12H17N4OS.C8H10N2O5.ClH/c1-8-11(3-4-17)18-7-16(8)6-10-5-14-9(2)15-12(10)13;1-5-8(12)7(3-11)6(2-9-5)4-15-10(13)14;/h5,7,17H,3-4,6H2,1-2H3,(H2,13,14,15);2,11-12H,3-4H2,1H3;1H/q+1;;. The van der Waals surface area contributed by atoms with E-state index >= 15 is 0 Å². The molecule has 12 nitrogen and oxygen atoms in total. The number of halogens is 1. The SMILES string of the molecule is Cc1ncc(CO[N+](=O)[O-])c(CO)c1O.Cc1ncc(C[n+]2csc(CCO)c2C)c(N)n1.Cl. The number of nitrogen functional groups attached to an aromatic ring is 1. The Morgan fingerprint density at radius 2 is 1.88 bits per heavy atom. The van der Waals surface area contributed by atoms with E-state index in [2.05, 4.69) is 24.4 Å². The molecular formula is C20H28ClN6O6S+. The lowest BCUT2D eigenvalue weighted by atomic mass is 10.1. The monoisotopic (exact) mass is 515 g/mol. The second-order valence-corrected chi connectivity index (χ2v) is 7.95. The molecule has 0 aliphatic rings. The van der Waals surface area contributed by atoms with Crippen LogP contribution in [0, 0.1) is 30.9 Å². The summed E-state index contributed by atoms with van der Waals surface area (Å²) in [7, 11) is 0. The number of nitrogens with two attached hydrogens (primary N) is 1. The van der Waals surface area contributed by atoms with Crippen molar-refractivity contribution in [1.82, 2.24) is 15.0 Å². The molecular weight excluding hydrogens is 488 g/mol. The van der Waals surface area contributed by atoms with Gasteiger partial charge in [-0.1, -0.05) is 11.3 Å². The van der Waals surface area contributed by atoms with Gasteiger partial charge >= 0.3 is 0 Å². The summed E-state index contributed by atoms with van der Waals surface area (Å²) in [5, 5.41) is 36.5. The minimum absolute atomic E-state index is 0. The zero-order chi connectivity index (χ0) is 24.5. The molecule has 0 aromatic carbocycles. The number of rotatable bonds is 8. The number of pyridine rings is 1. The molecule has 3 heterocycles. The number of anilines is 1. The van der Waals surface area contributed by atoms with Crippen LogP contribution in [0.15, 0.2) is 17.9 Å². The van der Waals surface area contributed by atoms with E-state index in [0.29, 0.717) is 30.3 Å². The number of nitrogens with zero attached hydrogens (tertiary/aromatic N) is 5. The maximum Gasteiger partial charge on any atom is 0.294 e. The third-order valence-corrected chi connectivity index (χ3v) is 5.91. The van der Waals surface area contributed by atoms with Gasteiger partial charge in [0.05, 0.1) is 22.7 Å². The van der Waals surface area contributed by atoms with Gasteiger partial charge in [0.2, 0.25) is 5.51 Å². The van der Waals surface area contributed by atoms with Crippen LogP contribution in [0.2, 0.25) is 0 Å². The zero-order valence-electron chi connectivity index (χ0n) is 19.0. The van der Waals surface area contributed by atoms with Crippen molar-refractivity contribution < 1.29 is 29.8 Å². The molecule has 0 saturated heterocycles. The number of hydrogen-bond acceptors (Lipinski definition) is 11. The van der Waals surface area contributed by atoms with Crippen molar-refractivity contribution in [2.24, 2.45) is 0 Å². The van der Waals surface area contributed by atoms with Gasteiger partial charge in [0.15, 0.2) is 12.2 Å². The molecule has 186 valence electrons. The highest BCUT2D eigenvalue weighted by Gasteiger charge is 2.17. The number of aromatic nitrogens is 4. The summed E-state index contributed by atoms with van der Waals surface area (Å²) in [5.74, 6) is 1.05. The third-order valence-electron chi connectivity index (χ3n) is 4.77. The van der Waals surface area contributed by atoms with Crippen LogP contribution in [0.25, 0.3) is 0 Å². The van der Waals surface area contributed by atoms with E-state index in [9.17, 15) is 15.2 Å². The van der Waals surface area contributed by atoms with E-state index in [-0.39, 0.29) is 42.5 Å². The van der Waals surface area contributed by atoms with Crippen LogP contribution >= 0.6 is 23.7 Å². The minimum Gasteiger partial charge on any atom is -0.506 e. The quantitative estimate of drug-likeness (QED) is 0.194. The van der Waals surface area contributed by atoms with Crippen LogP contribution in [0.3, 0.4) is 0 Å². The Morgan fingerprint density at radius 1 is 1.21 bits per heavy atom. The summed E-state index contributed by atoms with van der Waals surface area (Å²) >= 11 is 1.65. The Bertz CT molecular complexity index is 1110. The first-order chi connectivity index (χ1) is 15.7. The second-order valence-electron chi connectivity index (χ2n) is 7.01. The van der Waals surface area contributed by atoms with Gasteiger partial charge in [-0.2, -0.15) is 4.57 Å². The van der Waals surface area contributed by atoms with Crippen molar-refractivity contribution in [2.45, 2.75) is 47.0 Å². The molecule has 0 fully saturated rings. The summed E-state index contributed by atoms with van der Waals surface area (Å²) in [6.07, 6.45) is 3.79. The number of aromatic hydroxyl groups is 1. The Labute approximate surface area is 206 Å². The highest BCUT2D eigenvalue weighted by molar-refractivity contribution is 7.09. The smallest absolute Gasteiger partial charge is 0.294 e. The van der Waals surface area contributed by atoms with Gasteiger partial charge in [-0.15, -0.1) is 22.5 Å². The average Bonchev–Trinajstić information content (AvgIpc) is 3.11. The van der Waals surface area contributed by atoms with Crippen molar-refractivity contribution in [3.05, 3.63) is 66.8 Å². The summed E-state index contributed by atoms with van der Waals surface area (Å²) in [6.45, 7) is 5.51. The van der Waals surface area contributed by atoms with Crippen molar-refractivity contribution in [2.75, 3.05) is 12.3 Å². The fourth-order valence-electron chi connectivity index (χ4n) is 2.87. The van der Waals surface area contributed by atoms with Gasteiger partial charge in [-0.3, -0.25) is 4.98 Å². The van der Waals surface area contributed by atoms with Crippen LogP contribution in [0.1, 0.15) is 38.8 Å². The number of aliphatic hydroxyl groups is 2. The Morgan fingerprint density at radius 3 is 2.47 bits per heavy atom. The lowest BCUT2D eigenvalue weighted by molar-refractivity contribution is -0.763. The van der Waals surface area contributed by atoms with Crippen molar-refractivity contribution in [3.63, 3.8) is 0 Å². The topological polar surface area (TPSA) is 182 Å². The second kappa shape index (κ2) is 13.5. The largest absolute Gasteiger partial charge is 0.506 e. The van der Waals surface area contributed by atoms with Crippen LogP contribution in [-0.4, -0.2) is 42.0 Å². The van der Waals surface area contributed by atoms with E-state index in [4.69, 9.17) is 15.9 Å². The molecule has 0 amide bonds. The molecule has 0 saturated carbocycles. The maximum absolute atomic E-state index is 9.96. The van der Waals surface area contributed by atoms with Crippen LogP contribution < -0.4 is 10.3 Å². The zero-order valence-corrected chi connectivity index (χ0v) is 20.6. The van der Waals surface area contributed by atoms with E-state index in [0.717, 1.165) is 11.3 Å². The highest BCUT2D eigenvalue weighted by Crippen LogP contribution is 2.24. The predicted molar refractivity (Wildman–Crippen MR) is 126 cm³/mol. The average molecular weight is 516 g/mol. The molecule has 0 atom stereocenters. The van der Waals surface area contributed by atoms with E-state index in [1.54, 1.807) is 24.5 Å². The van der Waals surface area contributed by atoms with E-state index in [1.165, 1.54) is 11.1 Å². The van der Waals surface area contributed by atoms with Crippen molar-refractivity contribution in [1.29, 1.82) is 0 Å². The predicted octanol–water partition coefficient (Wildman–Crippen LogP) is 1.33. The van der Waals surface area contributed by atoms with Crippen molar-refractivity contribution >= 4 is 29.6 Å². The summed E-state index contributed by atoms with van der Waals surface area (Å²) in [4.78, 5) is 27.4. The molecule has 5 N–H and O–H groups in total. The van der Waals surface area contributed by atoms with Crippen molar-refractivity contribution in [3.8, 4) is 5.75 Å². The molecule has 3 aromatic heterocycles. The minimum atomic E-state index is -0.946. The molecule has 14 heteroatoms. The first kappa shape index (κ1) is 28.9. The molecule has 0 aliphatic carbocycles. The third kappa shape index (κ3) is 7.73. The number of aryl methyl sites for hydroxylation is 2. The summed E-state index contributed by atoms with van der Waals surface area (Å²) < 4.78 is 2.11. The number of thiazole rings is 1. The van der Waals surface area contributed by atoms with Gasteiger partial charge in [0.25, 0.3) is 5.09 Å². The molecule has 0 bridgehead atoms. The van der Waals surface area contributed by atoms with E-state index < -0.39 is 11.7 Å². The molecule has 34 heavy (non-hydrogen) atoms. The van der Waals surface area contributed by atoms with Gasteiger partial charge in [0, 0.05) is 43.5 Å². The van der Waals surface area contributed by atoms with Crippen LogP contribution in [-0.2, 0) is 31.0 Å². The Balaban J connectivity index is 0.000000336. The fraction of sp³-hybridized carbons (Fsp3) is 0.400. The first-order valence-electron chi connectivity index (χ1n) is 9.87. The molecule has 0 spiro atoms. The highest BCUT2D eigenvalue weighted by atomic mass is 35.5. The number of hydrogen-bond donors (Lipinski definition) is 4. The first-order valence-corrected chi connectivity index (χ1v) is 10.8. The summed E-state index contributed by atoms with van der Waals surface area (Å²) in [5.41, 5.74) is 10.8. The molecule has 0 radical (unpaired) electrons. The normalized spacial score (nSPS) is 10.1. The van der Waals surface area contributed by atoms with Gasteiger partial charge in [-0.25, -0.2) is 9.97 Å². The van der Waals surface area contributed by atoms with Gasteiger partial charge < -0.3 is 25.9 Å². The fourth-order valence-corrected chi connectivity index (χ4v) is 3.86. The molecule has 3 aromatic rings. The maximum atomic E-state index is 9.96. The molecule has 0 unspecified atom stereocenters. The van der Waals surface area contributed by atoms with Gasteiger partial charge in [-0.05, 0) is 13.8 Å².